The number of aromatic nitrogens is 1. The average molecular weight is 246 g/mol. The van der Waals surface area contributed by atoms with Crippen LogP contribution in [-0.2, 0) is 0 Å². The number of nitrogens with one attached hydrogen (secondary N) is 1. The summed E-state index contributed by atoms with van der Waals surface area (Å²) in [7, 11) is 0. The molecule has 2 heterocycles. The van der Waals surface area contributed by atoms with Gasteiger partial charge in [-0.3, -0.25) is 4.79 Å². The minimum absolute atomic E-state index is 0.0147. The molecular weight excluding hydrogens is 232 g/mol. The number of nitrogens with zero attached hydrogens (tertiary/aromatic N) is 1. The van der Waals surface area contributed by atoms with Crippen molar-refractivity contribution in [1.82, 2.24) is 4.98 Å². The van der Waals surface area contributed by atoms with Crippen molar-refractivity contribution in [3.63, 3.8) is 0 Å². The zero-order valence-corrected chi connectivity index (χ0v) is 10.2. The number of ether oxygens (including phenoxy) is 1. The third-order valence-corrected chi connectivity index (χ3v) is 2.11. The Morgan fingerprint density at radius 3 is 2.89 bits per heavy atom. The standard InChI is InChI=1S/C13H14N2O3/c1-9(2)18-13-10(5-3-7-14-13)15-12(16)11-6-4-8-17-11/h3-9H,1-2H3,(H,15,16). The first-order chi connectivity index (χ1) is 8.66. The van der Waals surface area contributed by atoms with Crippen molar-refractivity contribution in [2.75, 3.05) is 5.32 Å². The molecule has 0 saturated carbocycles. The molecule has 0 radical (unpaired) electrons. The van der Waals surface area contributed by atoms with Crippen LogP contribution in [0, 0.1) is 0 Å². The van der Waals surface area contributed by atoms with Gasteiger partial charge in [0.25, 0.3) is 5.91 Å². The van der Waals surface area contributed by atoms with Gasteiger partial charge in [0, 0.05) is 6.20 Å². The van der Waals surface area contributed by atoms with Crippen molar-refractivity contribution in [3.8, 4) is 5.88 Å². The molecule has 0 saturated heterocycles. The molecule has 0 aliphatic heterocycles. The number of pyridine rings is 1. The van der Waals surface area contributed by atoms with E-state index in [4.69, 9.17) is 9.15 Å². The van der Waals surface area contributed by atoms with Crippen molar-refractivity contribution >= 4 is 11.6 Å². The smallest absolute Gasteiger partial charge is 0.291 e. The first-order valence-electron chi connectivity index (χ1n) is 5.63. The van der Waals surface area contributed by atoms with Gasteiger partial charge in [0.2, 0.25) is 5.88 Å². The quantitative estimate of drug-likeness (QED) is 0.900. The van der Waals surface area contributed by atoms with E-state index in [0.29, 0.717) is 11.6 Å². The van der Waals surface area contributed by atoms with Crippen LogP contribution in [0.2, 0.25) is 0 Å². The predicted molar refractivity (Wildman–Crippen MR) is 66.7 cm³/mol. The third kappa shape index (κ3) is 2.88. The monoisotopic (exact) mass is 246 g/mol. The van der Waals surface area contributed by atoms with E-state index in [0.717, 1.165) is 0 Å². The maximum Gasteiger partial charge on any atom is 0.291 e. The molecule has 1 N–H and O–H groups in total. The molecule has 0 unspecified atom stereocenters. The summed E-state index contributed by atoms with van der Waals surface area (Å²) in [6.45, 7) is 3.79. The van der Waals surface area contributed by atoms with Crippen LogP contribution in [0.1, 0.15) is 24.4 Å². The molecule has 2 rings (SSSR count). The normalized spacial score (nSPS) is 10.4. The van der Waals surface area contributed by atoms with Gasteiger partial charge < -0.3 is 14.5 Å². The molecule has 0 aliphatic rings. The highest BCUT2D eigenvalue weighted by atomic mass is 16.5. The molecule has 0 fully saturated rings. The van der Waals surface area contributed by atoms with Gasteiger partial charge in [-0.15, -0.1) is 0 Å². The summed E-state index contributed by atoms with van der Waals surface area (Å²) in [5, 5.41) is 2.70. The third-order valence-electron chi connectivity index (χ3n) is 2.11. The molecule has 94 valence electrons. The molecule has 2 aromatic heterocycles. The fraction of sp³-hybridized carbons (Fsp3) is 0.231. The van der Waals surface area contributed by atoms with Crippen molar-refractivity contribution in [2.24, 2.45) is 0 Å². The Morgan fingerprint density at radius 2 is 2.22 bits per heavy atom. The topological polar surface area (TPSA) is 64.4 Å². The van der Waals surface area contributed by atoms with E-state index in [9.17, 15) is 4.79 Å². The molecule has 18 heavy (non-hydrogen) atoms. The average Bonchev–Trinajstić information content (AvgIpc) is 2.84. The fourth-order valence-corrected chi connectivity index (χ4v) is 1.39. The second kappa shape index (κ2) is 5.35. The second-order valence-electron chi connectivity index (χ2n) is 3.95. The number of carbonyl (C=O) groups is 1. The molecule has 1 amide bonds. The van der Waals surface area contributed by atoms with E-state index in [1.807, 2.05) is 13.8 Å². The summed E-state index contributed by atoms with van der Waals surface area (Å²) >= 11 is 0. The highest BCUT2D eigenvalue weighted by Gasteiger charge is 2.13. The SMILES string of the molecule is CC(C)Oc1ncccc1NC(=O)c1ccco1. The molecule has 0 atom stereocenters. The minimum Gasteiger partial charge on any atom is -0.473 e. The molecule has 5 heteroatoms. The van der Waals surface area contributed by atoms with Crippen LogP contribution in [-0.4, -0.2) is 17.0 Å². The number of furan rings is 1. The number of rotatable bonds is 4. The van der Waals surface area contributed by atoms with E-state index in [1.165, 1.54) is 6.26 Å². The van der Waals surface area contributed by atoms with E-state index >= 15 is 0 Å². The van der Waals surface area contributed by atoms with Crippen LogP contribution >= 0.6 is 0 Å². The highest BCUT2D eigenvalue weighted by Crippen LogP contribution is 2.22. The van der Waals surface area contributed by atoms with Gasteiger partial charge in [-0.25, -0.2) is 4.98 Å². The lowest BCUT2D eigenvalue weighted by molar-refractivity contribution is 0.0995. The zero-order valence-electron chi connectivity index (χ0n) is 10.2. The van der Waals surface area contributed by atoms with Crippen LogP contribution in [0.5, 0.6) is 5.88 Å². The van der Waals surface area contributed by atoms with E-state index in [1.54, 1.807) is 30.5 Å². The molecule has 2 aromatic rings. The molecule has 0 aliphatic carbocycles. The van der Waals surface area contributed by atoms with Gasteiger partial charge in [-0.05, 0) is 38.1 Å². The van der Waals surface area contributed by atoms with Crippen LogP contribution in [0.15, 0.2) is 41.1 Å². The minimum atomic E-state index is -0.332. The first kappa shape index (κ1) is 12.2. The second-order valence-corrected chi connectivity index (χ2v) is 3.95. The number of hydrogen-bond acceptors (Lipinski definition) is 4. The summed E-state index contributed by atoms with van der Waals surface area (Å²) in [5.74, 6) is 0.309. The van der Waals surface area contributed by atoms with Crippen LogP contribution in [0.25, 0.3) is 0 Å². The molecule has 5 nitrogen and oxygen atoms in total. The number of hydrogen-bond donors (Lipinski definition) is 1. The summed E-state index contributed by atoms with van der Waals surface area (Å²) in [4.78, 5) is 15.9. The van der Waals surface area contributed by atoms with Crippen LogP contribution < -0.4 is 10.1 Å². The highest BCUT2D eigenvalue weighted by molar-refractivity contribution is 6.02. The van der Waals surface area contributed by atoms with Crippen molar-refractivity contribution in [1.29, 1.82) is 0 Å². The van der Waals surface area contributed by atoms with Gasteiger partial charge in [0.15, 0.2) is 5.76 Å². The Hall–Kier alpha value is -2.30. The summed E-state index contributed by atoms with van der Waals surface area (Å²) in [5.41, 5.74) is 0.521. The Kier molecular flexibility index (Phi) is 3.62. The fourth-order valence-electron chi connectivity index (χ4n) is 1.39. The predicted octanol–water partition coefficient (Wildman–Crippen LogP) is 2.71. The van der Waals surface area contributed by atoms with Crippen molar-refractivity contribution < 1.29 is 13.9 Å². The van der Waals surface area contributed by atoms with Crippen molar-refractivity contribution in [2.45, 2.75) is 20.0 Å². The Balaban J connectivity index is 2.16. The van der Waals surface area contributed by atoms with Crippen LogP contribution in [0.3, 0.4) is 0 Å². The van der Waals surface area contributed by atoms with Crippen molar-refractivity contribution in [3.05, 3.63) is 42.5 Å². The molecule has 0 spiro atoms. The Bertz CT molecular complexity index is 521. The van der Waals surface area contributed by atoms with Gasteiger partial charge in [0.1, 0.15) is 5.69 Å². The molecule has 0 aromatic carbocycles. The largest absolute Gasteiger partial charge is 0.473 e. The van der Waals surface area contributed by atoms with Gasteiger partial charge >= 0.3 is 0 Å². The van der Waals surface area contributed by atoms with Crippen LogP contribution in [0.4, 0.5) is 5.69 Å². The first-order valence-corrected chi connectivity index (χ1v) is 5.63. The molecule has 0 bridgehead atoms. The summed E-state index contributed by atoms with van der Waals surface area (Å²) in [6, 6.07) is 6.70. The van der Waals surface area contributed by atoms with Gasteiger partial charge in [0.05, 0.1) is 12.4 Å². The maximum absolute atomic E-state index is 11.8. The lowest BCUT2D eigenvalue weighted by atomic mass is 10.3. The lowest BCUT2D eigenvalue weighted by Crippen LogP contribution is -2.14. The lowest BCUT2D eigenvalue weighted by Gasteiger charge is -2.12. The van der Waals surface area contributed by atoms with Gasteiger partial charge in [-0.2, -0.15) is 0 Å². The molecular formula is C13H14N2O3. The van der Waals surface area contributed by atoms with Gasteiger partial charge in [-0.1, -0.05) is 0 Å². The Morgan fingerprint density at radius 1 is 1.39 bits per heavy atom. The van der Waals surface area contributed by atoms with E-state index < -0.39 is 0 Å². The summed E-state index contributed by atoms with van der Waals surface area (Å²) in [6.07, 6.45) is 3.04. The summed E-state index contributed by atoms with van der Waals surface area (Å²) < 4.78 is 10.5. The van der Waals surface area contributed by atoms with E-state index in [2.05, 4.69) is 10.3 Å². The maximum atomic E-state index is 11.8. The zero-order chi connectivity index (χ0) is 13.0. The number of anilines is 1. The number of carbonyl (C=O) groups excluding carboxylic acids is 1. The Labute approximate surface area is 105 Å². The van der Waals surface area contributed by atoms with E-state index in [-0.39, 0.29) is 17.8 Å². The number of amides is 1.